The summed E-state index contributed by atoms with van der Waals surface area (Å²) in [5, 5.41) is 3.37. The van der Waals surface area contributed by atoms with Crippen LogP contribution in [0.5, 0.6) is 5.75 Å². The number of hydrogen-bond acceptors (Lipinski definition) is 6. The Bertz CT molecular complexity index is 977. The van der Waals surface area contributed by atoms with Crippen molar-refractivity contribution in [3.63, 3.8) is 0 Å². The highest BCUT2D eigenvalue weighted by molar-refractivity contribution is 5.86. The molecule has 1 aliphatic rings. The Morgan fingerprint density at radius 1 is 1.41 bits per heavy atom. The molecule has 0 spiro atoms. The van der Waals surface area contributed by atoms with Crippen molar-refractivity contribution < 1.29 is 9.53 Å². The quantitative estimate of drug-likeness (QED) is 0.523. The lowest BCUT2D eigenvalue weighted by molar-refractivity contribution is 0.112. The SMILES string of the molecule is CC/C=C(N)/N=C/C=C(\C)c1cnc(NCc2cccc(C=O)c2)c2c1OCC2. The zero-order chi connectivity index (χ0) is 20.6. The molecule has 6 nitrogen and oxygen atoms in total. The molecular weight excluding hydrogens is 364 g/mol. The summed E-state index contributed by atoms with van der Waals surface area (Å²) in [5.41, 5.74) is 10.5. The molecule has 0 aliphatic carbocycles. The third-order valence-electron chi connectivity index (χ3n) is 4.66. The number of allylic oxidation sites excluding steroid dienone is 3. The molecule has 1 aromatic carbocycles. The number of aliphatic imine (C=N–C) groups is 1. The maximum Gasteiger partial charge on any atom is 0.150 e. The summed E-state index contributed by atoms with van der Waals surface area (Å²) in [6, 6.07) is 7.52. The molecule has 0 fully saturated rings. The second kappa shape index (κ2) is 9.68. The lowest BCUT2D eigenvalue weighted by Crippen LogP contribution is -2.05. The van der Waals surface area contributed by atoms with Crippen molar-refractivity contribution in [3.8, 4) is 5.75 Å². The molecule has 0 amide bonds. The minimum Gasteiger partial charge on any atom is -0.492 e. The number of pyridine rings is 1. The predicted molar refractivity (Wildman–Crippen MR) is 117 cm³/mol. The van der Waals surface area contributed by atoms with Gasteiger partial charge < -0.3 is 15.8 Å². The van der Waals surface area contributed by atoms with E-state index in [2.05, 4.69) is 15.3 Å². The number of ether oxygens (including phenoxy) is 1. The van der Waals surface area contributed by atoms with E-state index in [0.29, 0.717) is 24.5 Å². The van der Waals surface area contributed by atoms with E-state index < -0.39 is 0 Å². The highest BCUT2D eigenvalue weighted by Gasteiger charge is 2.22. The highest BCUT2D eigenvalue weighted by Crippen LogP contribution is 2.37. The van der Waals surface area contributed by atoms with Crippen LogP contribution in [-0.4, -0.2) is 24.1 Å². The van der Waals surface area contributed by atoms with Gasteiger partial charge in [-0.2, -0.15) is 0 Å². The van der Waals surface area contributed by atoms with E-state index in [1.807, 2.05) is 50.4 Å². The molecule has 150 valence electrons. The Labute approximate surface area is 171 Å². The third-order valence-corrected chi connectivity index (χ3v) is 4.66. The van der Waals surface area contributed by atoms with Gasteiger partial charge in [0.1, 0.15) is 23.7 Å². The summed E-state index contributed by atoms with van der Waals surface area (Å²) in [6.07, 6.45) is 9.81. The molecule has 2 aromatic rings. The number of rotatable bonds is 8. The average molecular weight is 390 g/mol. The van der Waals surface area contributed by atoms with Crippen molar-refractivity contribution in [2.45, 2.75) is 33.2 Å². The summed E-state index contributed by atoms with van der Waals surface area (Å²) < 4.78 is 5.90. The van der Waals surface area contributed by atoms with E-state index in [-0.39, 0.29) is 0 Å². The van der Waals surface area contributed by atoms with E-state index in [0.717, 1.165) is 53.0 Å². The number of nitrogens with zero attached hydrogens (tertiary/aromatic N) is 2. The van der Waals surface area contributed by atoms with E-state index in [4.69, 9.17) is 10.5 Å². The van der Waals surface area contributed by atoms with E-state index in [1.165, 1.54) is 0 Å². The minimum absolute atomic E-state index is 0.509. The zero-order valence-electron chi connectivity index (χ0n) is 16.8. The van der Waals surface area contributed by atoms with Crippen molar-refractivity contribution in [3.05, 3.63) is 70.7 Å². The molecule has 3 rings (SSSR count). The molecule has 1 aromatic heterocycles. The number of carbonyl (C=O) groups excluding carboxylic acids is 1. The van der Waals surface area contributed by atoms with Crippen LogP contribution in [0, 0.1) is 0 Å². The molecule has 0 atom stereocenters. The molecule has 6 heteroatoms. The van der Waals surface area contributed by atoms with Crippen LogP contribution in [0.25, 0.3) is 5.57 Å². The fraction of sp³-hybridized carbons (Fsp3) is 0.261. The third kappa shape index (κ3) is 5.10. The number of benzene rings is 1. The fourth-order valence-corrected chi connectivity index (χ4v) is 3.17. The molecule has 0 saturated heterocycles. The van der Waals surface area contributed by atoms with Crippen LogP contribution in [0.3, 0.4) is 0 Å². The lowest BCUT2D eigenvalue weighted by Gasteiger charge is -2.13. The Morgan fingerprint density at radius 3 is 3.07 bits per heavy atom. The molecule has 0 bridgehead atoms. The van der Waals surface area contributed by atoms with Gasteiger partial charge in [0.05, 0.1) is 6.61 Å². The first-order chi connectivity index (χ1) is 14.1. The van der Waals surface area contributed by atoms with Gasteiger partial charge in [0, 0.05) is 42.1 Å². The number of nitrogens with one attached hydrogen (secondary N) is 1. The summed E-state index contributed by atoms with van der Waals surface area (Å²) in [5.74, 6) is 2.19. The highest BCUT2D eigenvalue weighted by atomic mass is 16.5. The van der Waals surface area contributed by atoms with Crippen molar-refractivity contribution >= 4 is 23.9 Å². The number of anilines is 1. The summed E-state index contributed by atoms with van der Waals surface area (Å²) in [4.78, 5) is 19.8. The maximum atomic E-state index is 11.0. The van der Waals surface area contributed by atoms with Gasteiger partial charge in [-0.25, -0.2) is 9.98 Å². The van der Waals surface area contributed by atoms with E-state index in [1.54, 1.807) is 12.3 Å². The summed E-state index contributed by atoms with van der Waals surface area (Å²) >= 11 is 0. The number of aldehydes is 1. The minimum atomic E-state index is 0.509. The van der Waals surface area contributed by atoms with Crippen LogP contribution in [0.2, 0.25) is 0 Å². The van der Waals surface area contributed by atoms with Crippen molar-refractivity contribution in [2.75, 3.05) is 11.9 Å². The molecule has 0 unspecified atom stereocenters. The first-order valence-electron chi connectivity index (χ1n) is 9.72. The topological polar surface area (TPSA) is 89.6 Å². The molecule has 2 heterocycles. The number of carbonyl (C=O) groups is 1. The van der Waals surface area contributed by atoms with Crippen molar-refractivity contribution in [1.82, 2.24) is 4.98 Å². The van der Waals surface area contributed by atoms with Gasteiger partial charge in [0.25, 0.3) is 0 Å². The van der Waals surface area contributed by atoms with Crippen LogP contribution in [0.4, 0.5) is 5.82 Å². The largest absolute Gasteiger partial charge is 0.492 e. The van der Waals surface area contributed by atoms with Crippen molar-refractivity contribution in [2.24, 2.45) is 10.7 Å². The van der Waals surface area contributed by atoms with Crippen molar-refractivity contribution in [1.29, 1.82) is 0 Å². The lowest BCUT2D eigenvalue weighted by atomic mass is 10.0. The van der Waals surface area contributed by atoms with Gasteiger partial charge >= 0.3 is 0 Å². The Balaban J connectivity index is 1.78. The van der Waals surface area contributed by atoms with Gasteiger partial charge in [-0.15, -0.1) is 0 Å². The number of hydrogen-bond donors (Lipinski definition) is 2. The summed E-state index contributed by atoms with van der Waals surface area (Å²) in [7, 11) is 0. The normalized spacial score (nSPS) is 14.0. The molecule has 0 saturated carbocycles. The maximum absolute atomic E-state index is 11.0. The van der Waals surface area contributed by atoms with Crippen LogP contribution in [-0.2, 0) is 13.0 Å². The second-order valence-electron chi connectivity index (χ2n) is 6.81. The monoisotopic (exact) mass is 390 g/mol. The smallest absolute Gasteiger partial charge is 0.150 e. The van der Waals surface area contributed by atoms with Gasteiger partial charge in [-0.3, -0.25) is 4.79 Å². The second-order valence-corrected chi connectivity index (χ2v) is 6.81. The zero-order valence-corrected chi connectivity index (χ0v) is 16.8. The number of fused-ring (bicyclic) bond motifs is 1. The average Bonchev–Trinajstić information content (AvgIpc) is 3.22. The first kappa shape index (κ1) is 20.3. The Morgan fingerprint density at radius 2 is 2.28 bits per heavy atom. The molecule has 1 aliphatic heterocycles. The van der Waals surface area contributed by atoms with Crippen LogP contribution < -0.4 is 15.8 Å². The summed E-state index contributed by atoms with van der Waals surface area (Å²) in [6.45, 7) is 5.25. The van der Waals surface area contributed by atoms with Gasteiger partial charge in [-0.1, -0.05) is 25.1 Å². The predicted octanol–water partition coefficient (Wildman–Crippen LogP) is 4.13. The molecule has 0 radical (unpaired) electrons. The van der Waals surface area contributed by atoms with E-state index in [9.17, 15) is 4.79 Å². The van der Waals surface area contributed by atoms with E-state index >= 15 is 0 Å². The molecule has 3 N–H and O–H groups in total. The molecular formula is C23H26N4O2. The standard InChI is InChI=1S/C23H26N4O2/c1-3-5-21(24)25-10-8-16(2)20-14-27-23(19-9-11-29-22(19)20)26-13-17-6-4-7-18(12-17)15-28/h4-8,10,12,14-15H,3,9,11,13,24H2,1-2H3,(H,26,27)/b16-8+,21-5+,25-10+. The fourth-order valence-electron chi connectivity index (χ4n) is 3.17. The number of aromatic nitrogens is 1. The van der Waals surface area contributed by atoms with Gasteiger partial charge in [-0.05, 0) is 42.7 Å². The van der Waals surface area contributed by atoms with Gasteiger partial charge in [0.2, 0.25) is 0 Å². The van der Waals surface area contributed by atoms with Crippen LogP contribution in [0.1, 0.15) is 47.3 Å². The molecule has 29 heavy (non-hydrogen) atoms. The van der Waals surface area contributed by atoms with Gasteiger partial charge in [0.15, 0.2) is 0 Å². The first-order valence-corrected chi connectivity index (χ1v) is 9.72. The Hall–Kier alpha value is -3.41. The van der Waals surface area contributed by atoms with Crippen LogP contribution >= 0.6 is 0 Å². The van der Waals surface area contributed by atoms with Crippen LogP contribution in [0.15, 0.2) is 53.4 Å². The Kier molecular flexibility index (Phi) is 6.79. The number of nitrogens with two attached hydrogens (primary N) is 1.